The number of fused-ring (bicyclic) bond motifs is 1. The van der Waals surface area contributed by atoms with Gasteiger partial charge in [-0.05, 0) is 50.4 Å². The van der Waals surface area contributed by atoms with Crippen LogP contribution in [-0.2, 0) is 6.54 Å². The van der Waals surface area contributed by atoms with Crippen LogP contribution in [0, 0.1) is 0 Å². The Hall–Kier alpha value is -3.04. The monoisotopic (exact) mass is 488 g/mol. The largest absolute Gasteiger partial charge is 0.343 e. The fourth-order valence-electron chi connectivity index (χ4n) is 5.92. The number of aromatic nitrogens is 4. The molecule has 3 aliphatic rings. The number of amides is 1. The molecule has 3 fully saturated rings. The van der Waals surface area contributed by atoms with E-state index >= 15 is 0 Å². The standard InChI is InChI=1S/C27H36N8O/c1-32(2)25(36)22-14-20-16-29-26(31-24(20)35(22)21-6-4-5-7-21)30-23-9-8-19(15-28-23)17-34-13-12-33(3)27(18-34)10-11-27/h8-9,14-16,21H,4-7,10-13,17-18H2,1-3H3,(H,28,29,30,31). The van der Waals surface area contributed by atoms with E-state index in [1.165, 1.54) is 31.2 Å². The van der Waals surface area contributed by atoms with E-state index in [9.17, 15) is 4.79 Å². The van der Waals surface area contributed by atoms with Crippen LogP contribution >= 0.6 is 0 Å². The highest BCUT2D eigenvalue weighted by Crippen LogP contribution is 2.43. The summed E-state index contributed by atoms with van der Waals surface area (Å²) < 4.78 is 2.14. The number of pyridine rings is 1. The number of carbonyl (C=O) groups excluding carboxylic acids is 1. The summed E-state index contributed by atoms with van der Waals surface area (Å²) in [5, 5.41) is 4.16. The molecule has 1 amide bonds. The average molecular weight is 489 g/mol. The first-order valence-corrected chi connectivity index (χ1v) is 13.2. The maximum Gasteiger partial charge on any atom is 0.270 e. The van der Waals surface area contributed by atoms with Crippen molar-refractivity contribution in [3.05, 3.63) is 41.9 Å². The lowest BCUT2D eigenvalue weighted by Crippen LogP contribution is -2.52. The van der Waals surface area contributed by atoms with E-state index < -0.39 is 0 Å². The van der Waals surface area contributed by atoms with Gasteiger partial charge in [0.2, 0.25) is 5.95 Å². The SMILES string of the molecule is CN(C)C(=O)c1cc2cnc(Nc3ccc(CN4CCN(C)C5(CC5)C4)cn3)nc2n1C1CCCC1. The molecule has 1 aliphatic heterocycles. The molecule has 2 aliphatic carbocycles. The Bertz CT molecular complexity index is 1260. The topological polar surface area (TPSA) is 82.4 Å². The van der Waals surface area contributed by atoms with Crippen LogP contribution in [0.25, 0.3) is 11.0 Å². The Morgan fingerprint density at radius 3 is 2.64 bits per heavy atom. The van der Waals surface area contributed by atoms with Crippen LogP contribution < -0.4 is 5.32 Å². The van der Waals surface area contributed by atoms with Crippen molar-refractivity contribution in [3.63, 3.8) is 0 Å². The highest BCUT2D eigenvalue weighted by molar-refractivity contribution is 5.97. The summed E-state index contributed by atoms with van der Waals surface area (Å²) in [6.07, 6.45) is 10.9. The van der Waals surface area contributed by atoms with Crippen LogP contribution in [-0.4, -0.2) is 86.4 Å². The van der Waals surface area contributed by atoms with Crippen molar-refractivity contribution in [1.82, 2.24) is 34.2 Å². The summed E-state index contributed by atoms with van der Waals surface area (Å²) in [4.78, 5) is 33.6. The highest BCUT2D eigenvalue weighted by Gasteiger charge is 2.49. The Kier molecular flexibility index (Phi) is 5.92. The van der Waals surface area contributed by atoms with Crippen LogP contribution in [0.4, 0.5) is 11.8 Å². The summed E-state index contributed by atoms with van der Waals surface area (Å²) in [7, 11) is 5.85. The molecule has 0 atom stereocenters. The maximum absolute atomic E-state index is 12.9. The van der Waals surface area contributed by atoms with Crippen molar-refractivity contribution in [1.29, 1.82) is 0 Å². The van der Waals surface area contributed by atoms with E-state index in [4.69, 9.17) is 4.98 Å². The minimum absolute atomic E-state index is 0.000351. The lowest BCUT2D eigenvalue weighted by atomic mass is 10.1. The Morgan fingerprint density at radius 1 is 1.14 bits per heavy atom. The van der Waals surface area contributed by atoms with Gasteiger partial charge in [-0.25, -0.2) is 9.97 Å². The van der Waals surface area contributed by atoms with Crippen LogP contribution in [0.2, 0.25) is 0 Å². The first-order chi connectivity index (χ1) is 17.4. The summed E-state index contributed by atoms with van der Waals surface area (Å²) >= 11 is 0. The molecule has 0 radical (unpaired) electrons. The van der Waals surface area contributed by atoms with Crippen molar-refractivity contribution < 1.29 is 4.79 Å². The normalized spacial score (nSPS) is 20.3. The summed E-state index contributed by atoms with van der Waals surface area (Å²) in [5.74, 6) is 1.22. The predicted molar refractivity (Wildman–Crippen MR) is 140 cm³/mol. The fourth-order valence-corrected chi connectivity index (χ4v) is 5.92. The van der Waals surface area contributed by atoms with Gasteiger partial charge in [-0.2, -0.15) is 4.98 Å². The average Bonchev–Trinajstić information content (AvgIpc) is 3.26. The Labute approximate surface area is 212 Å². The third kappa shape index (κ3) is 4.35. The number of hydrogen-bond donors (Lipinski definition) is 1. The number of anilines is 2. The molecular formula is C27H36N8O. The Morgan fingerprint density at radius 2 is 1.94 bits per heavy atom. The number of likely N-dealkylation sites (N-methyl/N-ethyl adjacent to an activating group) is 1. The first-order valence-electron chi connectivity index (χ1n) is 13.2. The summed E-state index contributed by atoms with van der Waals surface area (Å²) in [6.45, 7) is 4.32. The van der Waals surface area contributed by atoms with Crippen molar-refractivity contribution in [3.8, 4) is 0 Å². The van der Waals surface area contributed by atoms with Crippen LogP contribution in [0.15, 0.2) is 30.6 Å². The molecule has 0 bridgehead atoms. The van der Waals surface area contributed by atoms with Gasteiger partial charge in [0.15, 0.2) is 0 Å². The molecule has 3 aromatic rings. The van der Waals surface area contributed by atoms with Crippen molar-refractivity contribution in [2.45, 2.75) is 56.7 Å². The molecule has 1 saturated heterocycles. The molecular weight excluding hydrogens is 452 g/mol. The third-order valence-electron chi connectivity index (χ3n) is 8.27. The zero-order valence-corrected chi connectivity index (χ0v) is 21.6. The van der Waals surface area contributed by atoms with Crippen molar-refractivity contribution in [2.75, 3.05) is 46.1 Å². The van der Waals surface area contributed by atoms with E-state index in [1.807, 2.05) is 18.3 Å². The minimum atomic E-state index is -0.000351. The molecule has 190 valence electrons. The Balaban J connectivity index is 1.20. The molecule has 0 aromatic carbocycles. The second-order valence-corrected chi connectivity index (χ2v) is 11.0. The van der Waals surface area contributed by atoms with E-state index in [0.717, 1.165) is 55.9 Å². The van der Waals surface area contributed by atoms with Crippen molar-refractivity contribution in [2.24, 2.45) is 0 Å². The molecule has 1 spiro atoms. The molecule has 6 rings (SSSR count). The highest BCUT2D eigenvalue weighted by atomic mass is 16.2. The number of hydrogen-bond acceptors (Lipinski definition) is 7. The van der Waals surface area contributed by atoms with E-state index in [2.05, 4.69) is 42.8 Å². The lowest BCUT2D eigenvalue weighted by Gasteiger charge is -2.40. The van der Waals surface area contributed by atoms with E-state index in [0.29, 0.717) is 23.2 Å². The molecule has 36 heavy (non-hydrogen) atoms. The molecule has 0 unspecified atom stereocenters. The van der Waals surface area contributed by atoms with Crippen molar-refractivity contribution >= 4 is 28.7 Å². The second kappa shape index (κ2) is 9.12. The van der Waals surface area contributed by atoms with Gasteiger partial charge in [-0.15, -0.1) is 0 Å². The molecule has 9 heteroatoms. The quantitative estimate of drug-likeness (QED) is 0.567. The fraction of sp³-hybridized carbons (Fsp3) is 0.556. The van der Waals surface area contributed by atoms with Gasteiger partial charge in [-0.3, -0.25) is 14.6 Å². The lowest BCUT2D eigenvalue weighted by molar-refractivity contribution is 0.0757. The molecule has 1 N–H and O–H groups in total. The number of carbonyl (C=O) groups is 1. The number of rotatable bonds is 6. The third-order valence-corrected chi connectivity index (χ3v) is 8.27. The minimum Gasteiger partial charge on any atom is -0.343 e. The van der Waals surface area contributed by atoms with E-state index in [-0.39, 0.29) is 5.91 Å². The van der Waals surface area contributed by atoms with Crippen LogP contribution in [0.1, 0.15) is 60.6 Å². The molecule has 4 heterocycles. The molecule has 3 aromatic heterocycles. The first kappa shape index (κ1) is 23.4. The van der Waals surface area contributed by atoms with E-state index in [1.54, 1.807) is 25.2 Å². The van der Waals surface area contributed by atoms with Crippen LogP contribution in [0.5, 0.6) is 0 Å². The zero-order chi connectivity index (χ0) is 24.9. The van der Waals surface area contributed by atoms with Crippen LogP contribution in [0.3, 0.4) is 0 Å². The van der Waals surface area contributed by atoms with Gasteiger partial charge in [0.25, 0.3) is 5.91 Å². The van der Waals surface area contributed by atoms with Gasteiger partial charge in [-0.1, -0.05) is 18.9 Å². The van der Waals surface area contributed by atoms with Gasteiger partial charge in [0, 0.05) is 69.6 Å². The smallest absolute Gasteiger partial charge is 0.270 e. The van der Waals surface area contributed by atoms with Gasteiger partial charge >= 0.3 is 0 Å². The maximum atomic E-state index is 12.9. The number of nitrogens with zero attached hydrogens (tertiary/aromatic N) is 7. The second-order valence-electron chi connectivity index (χ2n) is 11.0. The number of piperazine rings is 1. The zero-order valence-electron chi connectivity index (χ0n) is 21.6. The molecule has 2 saturated carbocycles. The van der Waals surface area contributed by atoms with Gasteiger partial charge < -0.3 is 14.8 Å². The predicted octanol–water partition coefficient (Wildman–Crippen LogP) is 3.67. The van der Waals surface area contributed by atoms with Gasteiger partial charge in [0.05, 0.1) is 0 Å². The molecule has 9 nitrogen and oxygen atoms in total. The number of nitrogens with one attached hydrogen (secondary N) is 1. The summed E-state index contributed by atoms with van der Waals surface area (Å²) in [5.41, 5.74) is 3.15. The van der Waals surface area contributed by atoms with Gasteiger partial charge in [0.1, 0.15) is 17.2 Å². The summed E-state index contributed by atoms with van der Waals surface area (Å²) in [6, 6.07) is 6.37.